The summed E-state index contributed by atoms with van der Waals surface area (Å²) in [7, 11) is 5.42. The second-order valence-electron chi connectivity index (χ2n) is 8.73. The van der Waals surface area contributed by atoms with Gasteiger partial charge in [-0.3, -0.25) is 0 Å². The molecular formula is C25H28N2O3. The van der Waals surface area contributed by atoms with E-state index in [1.807, 2.05) is 36.9 Å². The minimum absolute atomic E-state index is 0.355. The van der Waals surface area contributed by atoms with Gasteiger partial charge in [0, 0.05) is 36.3 Å². The summed E-state index contributed by atoms with van der Waals surface area (Å²) in [5.74, 6) is 0.125. The molecule has 5 heteroatoms. The fourth-order valence-corrected chi connectivity index (χ4v) is 5.31. The number of nitrogens with zero attached hydrogens (tertiary/aromatic N) is 2. The maximum Gasteiger partial charge on any atom is 0.337 e. The van der Waals surface area contributed by atoms with Crippen LogP contribution in [0.3, 0.4) is 0 Å². The van der Waals surface area contributed by atoms with Crippen LogP contribution in [-0.2, 0) is 4.74 Å². The molecule has 5 rings (SSSR count). The Morgan fingerprint density at radius 3 is 2.57 bits per heavy atom. The zero-order valence-electron chi connectivity index (χ0n) is 17.8. The van der Waals surface area contributed by atoms with Gasteiger partial charge in [0.2, 0.25) is 0 Å². The third-order valence-corrected chi connectivity index (χ3v) is 6.81. The smallest absolute Gasteiger partial charge is 0.337 e. The van der Waals surface area contributed by atoms with Gasteiger partial charge in [-0.2, -0.15) is 0 Å². The molecule has 0 saturated heterocycles. The van der Waals surface area contributed by atoms with Gasteiger partial charge < -0.3 is 19.3 Å². The number of aliphatic hydroxyl groups excluding tert-OH is 1. The molecule has 3 aromatic rings. The molecule has 1 atom stereocenters. The molecule has 1 aromatic heterocycles. The number of fused-ring (bicyclic) bond motifs is 5. The van der Waals surface area contributed by atoms with Crippen molar-refractivity contribution in [2.24, 2.45) is 0 Å². The summed E-state index contributed by atoms with van der Waals surface area (Å²) >= 11 is 0. The van der Waals surface area contributed by atoms with E-state index < -0.39 is 6.23 Å². The lowest BCUT2D eigenvalue weighted by Gasteiger charge is -2.23. The van der Waals surface area contributed by atoms with Gasteiger partial charge in [-0.1, -0.05) is 31.4 Å². The molecule has 30 heavy (non-hydrogen) atoms. The van der Waals surface area contributed by atoms with E-state index in [1.54, 1.807) is 0 Å². The lowest BCUT2D eigenvalue weighted by Crippen LogP contribution is -2.10. The molecule has 0 radical (unpaired) electrons. The summed E-state index contributed by atoms with van der Waals surface area (Å²) in [4.78, 5) is 14.2. The lowest BCUT2D eigenvalue weighted by atomic mass is 9.81. The van der Waals surface area contributed by atoms with Crippen molar-refractivity contribution in [1.29, 1.82) is 0 Å². The Hall–Kier alpha value is -2.79. The van der Waals surface area contributed by atoms with Gasteiger partial charge in [0.1, 0.15) is 0 Å². The highest BCUT2D eigenvalue weighted by atomic mass is 16.5. The highest BCUT2D eigenvalue weighted by molar-refractivity contribution is 6.00. The van der Waals surface area contributed by atoms with E-state index in [9.17, 15) is 9.90 Å². The minimum atomic E-state index is -0.761. The van der Waals surface area contributed by atoms with Crippen molar-refractivity contribution in [1.82, 2.24) is 4.57 Å². The van der Waals surface area contributed by atoms with Crippen LogP contribution in [0.1, 0.15) is 65.7 Å². The maximum atomic E-state index is 12.2. The molecule has 1 saturated carbocycles. The molecule has 2 aliphatic rings. The summed E-state index contributed by atoms with van der Waals surface area (Å²) in [6.07, 6.45) is 5.36. The number of hydrogen-bond donors (Lipinski definition) is 1. The summed E-state index contributed by atoms with van der Waals surface area (Å²) < 4.78 is 6.97. The molecule has 1 aliphatic carbocycles. The van der Waals surface area contributed by atoms with Crippen molar-refractivity contribution in [3.8, 4) is 11.3 Å². The van der Waals surface area contributed by atoms with Crippen molar-refractivity contribution in [2.75, 3.05) is 26.1 Å². The molecule has 2 aromatic carbocycles. The zero-order chi connectivity index (χ0) is 21.0. The van der Waals surface area contributed by atoms with E-state index in [4.69, 9.17) is 4.74 Å². The number of rotatable bonds is 3. The summed E-state index contributed by atoms with van der Waals surface area (Å²) in [5.41, 5.74) is 6.96. The molecule has 0 amide bonds. The van der Waals surface area contributed by atoms with E-state index in [-0.39, 0.29) is 5.97 Å². The van der Waals surface area contributed by atoms with Gasteiger partial charge in [-0.05, 0) is 48.6 Å². The number of esters is 1. The second kappa shape index (κ2) is 7.17. The zero-order valence-corrected chi connectivity index (χ0v) is 17.8. The first-order chi connectivity index (χ1) is 14.5. The van der Waals surface area contributed by atoms with Crippen molar-refractivity contribution < 1.29 is 14.6 Å². The van der Waals surface area contributed by atoms with Crippen molar-refractivity contribution in [3.05, 3.63) is 53.1 Å². The average Bonchev–Trinajstić information content (AvgIpc) is 3.26. The van der Waals surface area contributed by atoms with Crippen molar-refractivity contribution >= 4 is 22.6 Å². The third kappa shape index (κ3) is 2.76. The third-order valence-electron chi connectivity index (χ3n) is 6.81. The highest BCUT2D eigenvalue weighted by Gasteiger charge is 2.35. The molecular weight excluding hydrogens is 376 g/mol. The Bertz CT molecular complexity index is 1140. The molecule has 0 bridgehead atoms. The van der Waals surface area contributed by atoms with Gasteiger partial charge >= 0.3 is 5.97 Å². The first kappa shape index (κ1) is 19.2. The van der Waals surface area contributed by atoms with Gasteiger partial charge in [0.15, 0.2) is 6.23 Å². The number of carbonyl (C=O) groups excluding carboxylic acids is 1. The molecule has 1 fully saturated rings. The van der Waals surface area contributed by atoms with Crippen LogP contribution in [-0.4, -0.2) is 36.8 Å². The van der Waals surface area contributed by atoms with Crippen LogP contribution in [0.15, 0.2) is 36.4 Å². The van der Waals surface area contributed by atoms with Gasteiger partial charge in [0.05, 0.1) is 23.9 Å². The number of aliphatic hydroxyl groups is 1. The fourth-order valence-electron chi connectivity index (χ4n) is 5.31. The van der Waals surface area contributed by atoms with Gasteiger partial charge in [-0.25, -0.2) is 4.79 Å². The Kier molecular flexibility index (Phi) is 4.58. The average molecular weight is 405 g/mol. The van der Waals surface area contributed by atoms with Gasteiger partial charge in [0.25, 0.3) is 0 Å². The van der Waals surface area contributed by atoms with E-state index in [1.165, 1.54) is 44.8 Å². The SMILES string of the molecule is COC(=O)c1ccc2c(C3CCCCC3)c3n(c2c1)C(O)c1cc(N(C)C)ccc1-3. The predicted molar refractivity (Wildman–Crippen MR) is 119 cm³/mol. The number of aromatic nitrogens is 1. The van der Waals surface area contributed by atoms with Crippen molar-refractivity contribution in [3.63, 3.8) is 0 Å². The number of methoxy groups -OCH3 is 1. The normalized spacial score (nSPS) is 18.3. The van der Waals surface area contributed by atoms with E-state index >= 15 is 0 Å². The summed E-state index contributed by atoms with van der Waals surface area (Å²) in [5, 5.41) is 12.5. The van der Waals surface area contributed by atoms with E-state index in [0.717, 1.165) is 33.4 Å². The van der Waals surface area contributed by atoms with E-state index in [2.05, 4.69) is 23.1 Å². The molecule has 1 aliphatic heterocycles. The number of carbonyl (C=O) groups is 1. The quantitative estimate of drug-likeness (QED) is 0.620. The second-order valence-corrected chi connectivity index (χ2v) is 8.73. The molecule has 1 unspecified atom stereocenters. The van der Waals surface area contributed by atoms with Crippen LogP contribution in [0.25, 0.3) is 22.2 Å². The minimum Gasteiger partial charge on any atom is -0.465 e. The molecule has 156 valence electrons. The first-order valence-electron chi connectivity index (χ1n) is 10.8. The topological polar surface area (TPSA) is 54.7 Å². The van der Waals surface area contributed by atoms with Crippen LogP contribution in [0.2, 0.25) is 0 Å². The molecule has 5 nitrogen and oxygen atoms in total. The summed E-state index contributed by atoms with van der Waals surface area (Å²) in [6.45, 7) is 0. The standard InChI is InChI=1S/C25H28N2O3/c1-26(2)17-10-12-18-20(14-17)24(28)27-21-13-16(25(29)30-3)9-11-19(21)22(23(18)27)15-7-5-4-6-8-15/h9-15,24,28H,4-8H2,1-3H3. The molecule has 0 spiro atoms. The fraction of sp³-hybridized carbons (Fsp3) is 0.400. The Morgan fingerprint density at radius 2 is 1.87 bits per heavy atom. The Morgan fingerprint density at radius 1 is 1.10 bits per heavy atom. The van der Waals surface area contributed by atoms with Crippen molar-refractivity contribution in [2.45, 2.75) is 44.2 Å². The van der Waals surface area contributed by atoms with Crippen LogP contribution in [0, 0.1) is 0 Å². The largest absolute Gasteiger partial charge is 0.465 e. The first-order valence-corrected chi connectivity index (χ1v) is 10.8. The number of hydrogen-bond acceptors (Lipinski definition) is 4. The monoisotopic (exact) mass is 404 g/mol. The number of anilines is 1. The lowest BCUT2D eigenvalue weighted by molar-refractivity contribution is 0.0600. The van der Waals surface area contributed by atoms with Crippen LogP contribution in [0.5, 0.6) is 0 Å². The number of benzene rings is 2. The highest BCUT2D eigenvalue weighted by Crippen LogP contribution is 2.51. The summed E-state index contributed by atoms with van der Waals surface area (Å²) in [6, 6.07) is 12.1. The van der Waals surface area contributed by atoms with Crippen LogP contribution < -0.4 is 4.90 Å². The van der Waals surface area contributed by atoms with Crippen LogP contribution >= 0.6 is 0 Å². The Labute approximate surface area is 176 Å². The maximum absolute atomic E-state index is 12.2. The predicted octanol–water partition coefficient (Wildman–Crippen LogP) is 5.06. The van der Waals surface area contributed by atoms with Gasteiger partial charge in [-0.15, -0.1) is 0 Å². The Balaban J connectivity index is 1.78. The van der Waals surface area contributed by atoms with E-state index in [0.29, 0.717) is 11.5 Å². The van der Waals surface area contributed by atoms with Crippen LogP contribution in [0.4, 0.5) is 5.69 Å². The molecule has 2 heterocycles. The molecule has 1 N–H and O–H groups in total. The number of ether oxygens (including phenoxy) is 1.